The molecule has 1 heterocycles. The Bertz CT molecular complexity index is 217. The summed E-state index contributed by atoms with van der Waals surface area (Å²) < 4.78 is 0. The van der Waals surface area contributed by atoms with Crippen LogP contribution in [0.5, 0.6) is 0 Å². The summed E-state index contributed by atoms with van der Waals surface area (Å²) in [6.07, 6.45) is 15.6. The minimum Gasteiger partial charge on any atom is -0.329 e. The molecule has 2 nitrogen and oxygen atoms in total. The fourth-order valence-corrected chi connectivity index (χ4v) is 3.55. The van der Waals surface area contributed by atoms with E-state index in [1.54, 1.807) is 0 Å². The molecule has 1 fully saturated rings. The standard InChI is InChI=1S/C18H38N2/c1-3-4-5-6-7-8-9-10-11-12-14-20-15-13-17(2)18(20)16-19/h17-18H,3-16,19H2,1-2H3. The van der Waals surface area contributed by atoms with Gasteiger partial charge in [0.05, 0.1) is 0 Å². The van der Waals surface area contributed by atoms with E-state index in [-0.39, 0.29) is 0 Å². The van der Waals surface area contributed by atoms with Crippen molar-refractivity contribution in [2.75, 3.05) is 19.6 Å². The van der Waals surface area contributed by atoms with Gasteiger partial charge < -0.3 is 5.73 Å². The lowest BCUT2D eigenvalue weighted by Gasteiger charge is -2.25. The van der Waals surface area contributed by atoms with Crippen molar-refractivity contribution in [1.82, 2.24) is 4.90 Å². The van der Waals surface area contributed by atoms with Gasteiger partial charge in [-0.05, 0) is 31.8 Å². The molecule has 0 aromatic rings. The molecule has 2 atom stereocenters. The lowest BCUT2D eigenvalue weighted by molar-refractivity contribution is 0.231. The molecular formula is C18H38N2. The Morgan fingerprint density at radius 1 is 0.900 bits per heavy atom. The number of nitrogens with zero attached hydrogens (tertiary/aromatic N) is 1. The Morgan fingerprint density at radius 3 is 2.00 bits per heavy atom. The number of hydrogen-bond acceptors (Lipinski definition) is 2. The molecule has 20 heavy (non-hydrogen) atoms. The average Bonchev–Trinajstić information content (AvgIpc) is 2.81. The van der Waals surface area contributed by atoms with Gasteiger partial charge in [0.25, 0.3) is 0 Å². The smallest absolute Gasteiger partial charge is 0.0244 e. The molecule has 0 aromatic carbocycles. The average molecular weight is 283 g/mol. The molecule has 0 aliphatic carbocycles. The molecular weight excluding hydrogens is 244 g/mol. The van der Waals surface area contributed by atoms with Gasteiger partial charge in [-0.3, -0.25) is 4.90 Å². The Balaban J connectivity index is 1.87. The zero-order valence-electron chi connectivity index (χ0n) is 14.1. The summed E-state index contributed by atoms with van der Waals surface area (Å²) in [5.74, 6) is 0.808. The normalized spacial score (nSPS) is 23.6. The van der Waals surface area contributed by atoms with Crippen LogP contribution in [0.15, 0.2) is 0 Å². The monoisotopic (exact) mass is 282 g/mol. The number of nitrogens with two attached hydrogens (primary N) is 1. The molecule has 1 rings (SSSR count). The van der Waals surface area contributed by atoms with Crippen molar-refractivity contribution < 1.29 is 0 Å². The van der Waals surface area contributed by atoms with E-state index in [2.05, 4.69) is 18.7 Å². The van der Waals surface area contributed by atoms with E-state index in [9.17, 15) is 0 Å². The molecule has 0 bridgehead atoms. The van der Waals surface area contributed by atoms with Gasteiger partial charge in [0.2, 0.25) is 0 Å². The maximum absolute atomic E-state index is 5.89. The Hall–Kier alpha value is -0.0800. The van der Waals surface area contributed by atoms with E-state index in [0.717, 1.165) is 12.5 Å². The van der Waals surface area contributed by atoms with Gasteiger partial charge in [0.1, 0.15) is 0 Å². The molecule has 0 saturated carbocycles. The van der Waals surface area contributed by atoms with Crippen molar-refractivity contribution in [2.45, 2.75) is 90.5 Å². The maximum atomic E-state index is 5.89. The quantitative estimate of drug-likeness (QED) is 0.531. The highest BCUT2D eigenvalue weighted by Gasteiger charge is 2.28. The van der Waals surface area contributed by atoms with E-state index in [1.165, 1.54) is 83.7 Å². The van der Waals surface area contributed by atoms with E-state index in [1.807, 2.05) is 0 Å². The fraction of sp³-hybridized carbons (Fsp3) is 1.00. The predicted molar refractivity (Wildman–Crippen MR) is 90.0 cm³/mol. The van der Waals surface area contributed by atoms with Crippen molar-refractivity contribution in [3.05, 3.63) is 0 Å². The number of hydrogen-bond donors (Lipinski definition) is 1. The fourth-order valence-electron chi connectivity index (χ4n) is 3.55. The first-order chi connectivity index (χ1) is 9.79. The second-order valence-electron chi connectivity index (χ2n) is 6.79. The third-order valence-corrected chi connectivity index (χ3v) is 5.04. The van der Waals surface area contributed by atoms with Crippen molar-refractivity contribution in [3.8, 4) is 0 Å². The van der Waals surface area contributed by atoms with Crippen molar-refractivity contribution in [2.24, 2.45) is 11.7 Å². The summed E-state index contributed by atoms with van der Waals surface area (Å²) in [5, 5.41) is 0. The summed E-state index contributed by atoms with van der Waals surface area (Å²) in [4.78, 5) is 2.63. The summed E-state index contributed by atoms with van der Waals surface area (Å²) in [6, 6.07) is 0.661. The van der Waals surface area contributed by atoms with E-state index < -0.39 is 0 Å². The summed E-state index contributed by atoms with van der Waals surface area (Å²) in [5.41, 5.74) is 5.89. The van der Waals surface area contributed by atoms with Crippen LogP contribution in [0.2, 0.25) is 0 Å². The molecule has 2 N–H and O–H groups in total. The molecule has 1 aliphatic rings. The summed E-state index contributed by atoms with van der Waals surface area (Å²) in [7, 11) is 0. The van der Waals surface area contributed by atoms with Crippen LogP contribution >= 0.6 is 0 Å². The van der Waals surface area contributed by atoms with Crippen LogP contribution in [0, 0.1) is 5.92 Å². The molecule has 0 spiro atoms. The largest absolute Gasteiger partial charge is 0.329 e. The molecule has 120 valence electrons. The van der Waals surface area contributed by atoms with E-state index >= 15 is 0 Å². The minimum atomic E-state index is 0.661. The molecule has 1 saturated heterocycles. The van der Waals surface area contributed by atoms with Crippen LogP contribution in [-0.2, 0) is 0 Å². The Labute approximate surface area is 127 Å². The van der Waals surface area contributed by atoms with Crippen LogP contribution < -0.4 is 5.73 Å². The predicted octanol–water partition coefficient (Wildman–Crippen LogP) is 4.58. The molecule has 2 heteroatoms. The van der Waals surface area contributed by atoms with Crippen molar-refractivity contribution in [1.29, 1.82) is 0 Å². The van der Waals surface area contributed by atoms with Crippen molar-refractivity contribution in [3.63, 3.8) is 0 Å². The van der Waals surface area contributed by atoms with Gasteiger partial charge in [-0.2, -0.15) is 0 Å². The van der Waals surface area contributed by atoms with Gasteiger partial charge in [-0.15, -0.1) is 0 Å². The second-order valence-corrected chi connectivity index (χ2v) is 6.79. The molecule has 0 radical (unpaired) electrons. The lowest BCUT2D eigenvalue weighted by atomic mass is 10.0. The molecule has 2 unspecified atom stereocenters. The van der Waals surface area contributed by atoms with Gasteiger partial charge in [-0.1, -0.05) is 71.6 Å². The first-order valence-corrected chi connectivity index (χ1v) is 9.23. The number of unbranched alkanes of at least 4 members (excludes halogenated alkanes) is 9. The second kappa shape index (κ2) is 11.6. The number of likely N-dealkylation sites (tertiary alicyclic amines) is 1. The van der Waals surface area contributed by atoms with Crippen LogP contribution in [0.25, 0.3) is 0 Å². The third-order valence-electron chi connectivity index (χ3n) is 5.04. The maximum Gasteiger partial charge on any atom is 0.0244 e. The SMILES string of the molecule is CCCCCCCCCCCCN1CCC(C)C1CN. The Kier molecular flexibility index (Phi) is 10.4. The molecule has 0 aromatic heterocycles. The highest BCUT2D eigenvalue weighted by molar-refractivity contribution is 4.84. The molecule has 0 amide bonds. The van der Waals surface area contributed by atoms with Crippen molar-refractivity contribution >= 4 is 0 Å². The van der Waals surface area contributed by atoms with E-state index in [0.29, 0.717) is 6.04 Å². The number of rotatable bonds is 12. The summed E-state index contributed by atoms with van der Waals surface area (Å²) in [6.45, 7) is 8.05. The minimum absolute atomic E-state index is 0.661. The van der Waals surface area contributed by atoms with Crippen LogP contribution in [0.1, 0.15) is 84.5 Å². The summed E-state index contributed by atoms with van der Waals surface area (Å²) >= 11 is 0. The lowest BCUT2D eigenvalue weighted by Crippen LogP contribution is -2.38. The first-order valence-electron chi connectivity index (χ1n) is 9.23. The van der Waals surface area contributed by atoms with Gasteiger partial charge in [-0.25, -0.2) is 0 Å². The van der Waals surface area contributed by atoms with E-state index in [4.69, 9.17) is 5.73 Å². The zero-order valence-corrected chi connectivity index (χ0v) is 14.1. The van der Waals surface area contributed by atoms with Crippen LogP contribution in [0.3, 0.4) is 0 Å². The Morgan fingerprint density at radius 2 is 1.45 bits per heavy atom. The van der Waals surface area contributed by atoms with Gasteiger partial charge in [0.15, 0.2) is 0 Å². The molecule has 1 aliphatic heterocycles. The highest BCUT2D eigenvalue weighted by atomic mass is 15.2. The topological polar surface area (TPSA) is 29.3 Å². The first kappa shape index (κ1) is 18.0. The van der Waals surface area contributed by atoms with Crippen LogP contribution in [0.4, 0.5) is 0 Å². The van der Waals surface area contributed by atoms with Crippen LogP contribution in [-0.4, -0.2) is 30.6 Å². The highest BCUT2D eigenvalue weighted by Crippen LogP contribution is 2.23. The van der Waals surface area contributed by atoms with Gasteiger partial charge in [0, 0.05) is 12.6 Å². The zero-order chi connectivity index (χ0) is 14.6. The van der Waals surface area contributed by atoms with Gasteiger partial charge >= 0.3 is 0 Å². The third kappa shape index (κ3) is 7.08.